The first-order chi connectivity index (χ1) is 17.4. The average Bonchev–Trinajstić information content (AvgIpc) is 2.90. The number of para-hydroxylation sites is 1. The van der Waals surface area contributed by atoms with Gasteiger partial charge in [0.2, 0.25) is 0 Å². The van der Waals surface area contributed by atoms with Crippen LogP contribution in [0.15, 0.2) is 48.5 Å². The Morgan fingerprint density at radius 3 is 2.25 bits per heavy atom. The average molecular weight is 495 g/mol. The molecule has 0 bridgehead atoms. The van der Waals surface area contributed by atoms with E-state index in [-0.39, 0.29) is 17.9 Å². The number of carbonyl (C=O) groups is 2. The molecule has 36 heavy (non-hydrogen) atoms. The molecule has 0 atom stereocenters. The first-order valence-corrected chi connectivity index (χ1v) is 13.7. The predicted molar refractivity (Wildman–Crippen MR) is 147 cm³/mol. The van der Waals surface area contributed by atoms with Crippen LogP contribution in [0.1, 0.15) is 85.9 Å². The van der Waals surface area contributed by atoms with E-state index in [1.807, 2.05) is 18.2 Å². The number of rotatable bonds is 13. The molecule has 0 spiro atoms. The van der Waals surface area contributed by atoms with Crippen molar-refractivity contribution in [2.45, 2.75) is 71.3 Å². The summed E-state index contributed by atoms with van der Waals surface area (Å²) < 4.78 is 7.01. The van der Waals surface area contributed by atoms with Crippen LogP contribution in [0.25, 0.3) is 0 Å². The van der Waals surface area contributed by atoms with Gasteiger partial charge in [0.25, 0.3) is 11.8 Å². The number of likely N-dealkylation sites (tertiary alicyclic amines) is 1. The zero-order valence-electron chi connectivity index (χ0n) is 22.4. The van der Waals surface area contributed by atoms with E-state index in [0.717, 1.165) is 49.8 Å². The maximum atomic E-state index is 12.9. The van der Waals surface area contributed by atoms with Gasteiger partial charge in [0.15, 0.2) is 0 Å². The van der Waals surface area contributed by atoms with E-state index in [4.69, 9.17) is 4.74 Å². The van der Waals surface area contributed by atoms with Crippen molar-refractivity contribution >= 4 is 17.5 Å². The first kappa shape index (κ1) is 27.7. The molecule has 0 aliphatic carbocycles. The summed E-state index contributed by atoms with van der Waals surface area (Å²) >= 11 is 0. The fourth-order valence-electron chi connectivity index (χ4n) is 4.67. The van der Waals surface area contributed by atoms with Gasteiger partial charge in [-0.2, -0.15) is 0 Å². The highest BCUT2D eigenvalue weighted by atomic mass is 16.5. The second-order valence-corrected chi connectivity index (χ2v) is 10.3. The Balaban J connectivity index is 1.48. The molecular formula is C30H44N3O3+. The van der Waals surface area contributed by atoms with Crippen LogP contribution >= 0.6 is 0 Å². The van der Waals surface area contributed by atoms with Crippen molar-refractivity contribution in [3.8, 4) is 5.75 Å². The number of nitrogens with one attached hydrogen (secondary N) is 2. The Morgan fingerprint density at radius 1 is 0.889 bits per heavy atom. The highest BCUT2D eigenvalue weighted by Crippen LogP contribution is 2.21. The zero-order valence-corrected chi connectivity index (χ0v) is 22.4. The van der Waals surface area contributed by atoms with Gasteiger partial charge in [0.1, 0.15) is 5.75 Å². The van der Waals surface area contributed by atoms with Crippen molar-refractivity contribution in [1.82, 2.24) is 5.32 Å². The summed E-state index contributed by atoms with van der Waals surface area (Å²) in [6.07, 6.45) is 9.17. The molecule has 2 aromatic carbocycles. The number of nitrogens with zero attached hydrogens (tertiary/aromatic N) is 1. The molecule has 1 heterocycles. The molecule has 0 saturated carbocycles. The second-order valence-electron chi connectivity index (χ2n) is 10.3. The van der Waals surface area contributed by atoms with E-state index >= 15 is 0 Å². The lowest BCUT2D eigenvalue weighted by Crippen LogP contribution is -2.54. The maximum Gasteiger partial charge on any atom is 0.259 e. The fraction of sp³-hybridized carbons (Fsp3) is 0.533. The Bertz CT molecular complexity index is 966. The Labute approximate surface area is 217 Å². The third kappa shape index (κ3) is 8.37. The van der Waals surface area contributed by atoms with Crippen LogP contribution < -0.4 is 15.4 Å². The zero-order chi connectivity index (χ0) is 25.8. The molecule has 3 rings (SSSR count). The normalized spacial score (nSPS) is 19.5. The lowest BCUT2D eigenvalue weighted by Gasteiger charge is -2.40. The summed E-state index contributed by atoms with van der Waals surface area (Å²) in [6, 6.07) is 14.6. The van der Waals surface area contributed by atoms with E-state index in [2.05, 4.69) is 31.5 Å². The lowest BCUT2D eigenvalue weighted by atomic mass is 10.0. The van der Waals surface area contributed by atoms with Crippen molar-refractivity contribution in [1.29, 1.82) is 0 Å². The third-order valence-electron chi connectivity index (χ3n) is 7.43. The number of anilines is 1. The standard InChI is InChI=1S/C30H43N3O3/c1-4-6-7-8-9-12-23-36-28-14-11-10-13-27(28)30(35)32-25-17-15-24(16-18-25)29(34)31-26-19-21-33(3,5-2)22-20-26/h10-11,13-18,26H,4-9,12,19-23H2,1-3H3,(H-,31,32,34,35)/p+1. The van der Waals surface area contributed by atoms with Crippen LogP contribution in [0.2, 0.25) is 0 Å². The fourth-order valence-corrected chi connectivity index (χ4v) is 4.67. The van der Waals surface area contributed by atoms with Crippen molar-refractivity contribution in [3.63, 3.8) is 0 Å². The van der Waals surface area contributed by atoms with Crippen LogP contribution in [-0.2, 0) is 0 Å². The molecule has 6 heteroatoms. The highest BCUT2D eigenvalue weighted by Gasteiger charge is 2.29. The van der Waals surface area contributed by atoms with Gasteiger partial charge in [-0.3, -0.25) is 9.59 Å². The van der Waals surface area contributed by atoms with Crippen molar-refractivity contribution in [2.75, 3.05) is 38.6 Å². The molecule has 0 unspecified atom stereocenters. The smallest absolute Gasteiger partial charge is 0.259 e. The summed E-state index contributed by atoms with van der Waals surface area (Å²) in [5.74, 6) is 0.328. The Kier molecular flexibility index (Phi) is 10.8. The van der Waals surface area contributed by atoms with Gasteiger partial charge in [-0.05, 0) is 49.7 Å². The van der Waals surface area contributed by atoms with Gasteiger partial charge >= 0.3 is 0 Å². The quantitative estimate of drug-likeness (QED) is 0.264. The van der Waals surface area contributed by atoms with Gasteiger partial charge < -0.3 is 19.9 Å². The number of amides is 2. The first-order valence-electron chi connectivity index (χ1n) is 13.7. The molecule has 2 N–H and O–H groups in total. The molecule has 0 aromatic heterocycles. The number of quaternary nitrogens is 1. The molecule has 2 amide bonds. The number of benzene rings is 2. The SMILES string of the molecule is CCCCCCCCOc1ccccc1C(=O)Nc1ccc(C(=O)NC2CC[N+](C)(CC)CC2)cc1. The number of hydrogen-bond acceptors (Lipinski definition) is 3. The van der Waals surface area contributed by atoms with E-state index in [9.17, 15) is 9.59 Å². The van der Waals surface area contributed by atoms with E-state index in [0.29, 0.717) is 29.2 Å². The number of carbonyl (C=O) groups excluding carboxylic acids is 2. The molecule has 1 saturated heterocycles. The summed E-state index contributed by atoms with van der Waals surface area (Å²) in [5.41, 5.74) is 1.77. The van der Waals surface area contributed by atoms with Crippen molar-refractivity contribution in [2.24, 2.45) is 0 Å². The number of unbranched alkanes of at least 4 members (excludes halogenated alkanes) is 5. The van der Waals surface area contributed by atoms with E-state index in [1.54, 1.807) is 30.3 Å². The van der Waals surface area contributed by atoms with Gasteiger partial charge in [0.05, 0.1) is 38.9 Å². The number of hydrogen-bond donors (Lipinski definition) is 2. The topological polar surface area (TPSA) is 67.4 Å². The summed E-state index contributed by atoms with van der Waals surface area (Å²) in [6.45, 7) is 8.37. The minimum Gasteiger partial charge on any atom is -0.493 e. The highest BCUT2D eigenvalue weighted by molar-refractivity contribution is 6.06. The summed E-state index contributed by atoms with van der Waals surface area (Å²) in [7, 11) is 2.28. The Hall–Kier alpha value is -2.86. The number of piperidine rings is 1. The lowest BCUT2D eigenvalue weighted by molar-refractivity contribution is -0.912. The van der Waals surface area contributed by atoms with Gasteiger partial charge in [0, 0.05) is 30.1 Å². The second kappa shape index (κ2) is 14.0. The minimum absolute atomic E-state index is 0.0566. The minimum atomic E-state index is -0.218. The molecule has 1 fully saturated rings. The van der Waals surface area contributed by atoms with Crippen molar-refractivity contribution < 1.29 is 18.8 Å². The molecule has 196 valence electrons. The van der Waals surface area contributed by atoms with Crippen LogP contribution in [0.3, 0.4) is 0 Å². The van der Waals surface area contributed by atoms with Crippen LogP contribution in [0, 0.1) is 0 Å². The van der Waals surface area contributed by atoms with Crippen molar-refractivity contribution in [3.05, 3.63) is 59.7 Å². The molecule has 1 aliphatic heterocycles. The number of ether oxygens (including phenoxy) is 1. The maximum absolute atomic E-state index is 12.9. The largest absolute Gasteiger partial charge is 0.493 e. The third-order valence-corrected chi connectivity index (χ3v) is 7.43. The van der Waals surface area contributed by atoms with Gasteiger partial charge in [-0.15, -0.1) is 0 Å². The van der Waals surface area contributed by atoms with Crippen LogP contribution in [-0.4, -0.2) is 55.6 Å². The summed E-state index contributed by atoms with van der Waals surface area (Å²) in [4.78, 5) is 25.7. The van der Waals surface area contributed by atoms with Crippen LogP contribution in [0.4, 0.5) is 5.69 Å². The van der Waals surface area contributed by atoms with Gasteiger partial charge in [-0.25, -0.2) is 0 Å². The summed E-state index contributed by atoms with van der Waals surface area (Å²) in [5, 5.41) is 6.11. The van der Waals surface area contributed by atoms with E-state index < -0.39 is 0 Å². The molecule has 6 nitrogen and oxygen atoms in total. The Morgan fingerprint density at radius 2 is 1.56 bits per heavy atom. The van der Waals surface area contributed by atoms with E-state index in [1.165, 1.54) is 25.7 Å². The monoisotopic (exact) mass is 494 g/mol. The molecule has 2 aromatic rings. The molecular weight excluding hydrogens is 450 g/mol. The predicted octanol–water partition coefficient (Wildman–Crippen LogP) is 6.04. The van der Waals surface area contributed by atoms with Crippen LogP contribution in [0.5, 0.6) is 5.75 Å². The molecule has 0 radical (unpaired) electrons. The molecule has 1 aliphatic rings. The van der Waals surface area contributed by atoms with Gasteiger partial charge in [-0.1, -0.05) is 51.2 Å².